The van der Waals surface area contributed by atoms with Gasteiger partial charge in [-0.1, -0.05) is 48.0 Å². The van der Waals surface area contributed by atoms with E-state index in [1.54, 1.807) is 12.3 Å². The monoisotopic (exact) mass is 660 g/mol. The maximum absolute atomic E-state index is 13.7. The van der Waals surface area contributed by atoms with Crippen LogP contribution in [0.15, 0.2) is 54.7 Å². The average molecular weight is 661 g/mol. The number of hydrogen-bond acceptors (Lipinski definition) is 9. The van der Waals surface area contributed by atoms with Crippen molar-refractivity contribution in [3.63, 3.8) is 0 Å². The summed E-state index contributed by atoms with van der Waals surface area (Å²) in [5.74, 6) is -0.449. The molecule has 0 aliphatic carbocycles. The largest absolute Gasteiger partial charge is 1.00 e. The molecule has 0 unspecified atom stereocenters. The normalized spacial score (nSPS) is 12.3. The van der Waals surface area contributed by atoms with E-state index in [2.05, 4.69) is 20.1 Å². The minimum absolute atomic E-state index is 0. The number of halogens is 2. The molecule has 0 saturated heterocycles. The van der Waals surface area contributed by atoms with E-state index >= 15 is 0 Å². The number of amides is 3. The van der Waals surface area contributed by atoms with E-state index in [-0.39, 0.29) is 127 Å². The molecule has 3 rings (SSSR count). The van der Waals surface area contributed by atoms with Crippen LogP contribution in [0.3, 0.4) is 0 Å². The van der Waals surface area contributed by atoms with Crippen LogP contribution in [0.25, 0.3) is 10.8 Å². The second-order valence-electron chi connectivity index (χ2n) is 8.41. The Labute approximate surface area is 325 Å². The molecule has 0 radical (unpaired) electrons. The number of aromatic nitrogens is 1. The fraction of sp³-hybridized carbons (Fsp3) is 0.292. The molecule has 0 aliphatic heterocycles. The number of aliphatic hydroxyl groups is 1. The van der Waals surface area contributed by atoms with Crippen LogP contribution in [0, 0.1) is 5.82 Å². The Morgan fingerprint density at radius 2 is 1.83 bits per heavy atom. The fourth-order valence-corrected chi connectivity index (χ4v) is 4.06. The number of nitrogens with one attached hydrogen (secondary N) is 2. The van der Waals surface area contributed by atoms with E-state index in [9.17, 15) is 33.4 Å². The summed E-state index contributed by atoms with van der Waals surface area (Å²) >= 11 is 5.91. The molecule has 0 bridgehead atoms. The van der Waals surface area contributed by atoms with Gasteiger partial charge >= 0.3 is 115 Å². The van der Waals surface area contributed by atoms with Gasteiger partial charge in [0.2, 0.25) is 0 Å². The van der Waals surface area contributed by atoms with Crippen molar-refractivity contribution < 1.29 is 145 Å². The van der Waals surface area contributed by atoms with Gasteiger partial charge in [0.1, 0.15) is 18.2 Å². The van der Waals surface area contributed by atoms with Crippen LogP contribution < -0.4 is 123 Å². The third-order valence-corrected chi connectivity index (χ3v) is 6.46. The van der Waals surface area contributed by atoms with Crippen LogP contribution >= 0.6 is 19.4 Å². The van der Waals surface area contributed by atoms with Gasteiger partial charge in [-0.25, -0.2) is 19.0 Å². The zero-order chi connectivity index (χ0) is 28.6. The second kappa shape index (κ2) is 18.7. The van der Waals surface area contributed by atoms with Crippen molar-refractivity contribution >= 4 is 48.1 Å². The first-order valence-corrected chi connectivity index (χ1v) is 13.3. The van der Waals surface area contributed by atoms with Gasteiger partial charge in [0, 0.05) is 25.2 Å². The molecule has 3 amide bonds. The molecule has 3 N–H and O–H groups in total. The number of pyridine rings is 1. The maximum Gasteiger partial charge on any atom is 1.00 e. The number of anilines is 1. The Bertz CT molecular complexity index is 1370. The summed E-state index contributed by atoms with van der Waals surface area (Å²) in [6.07, 6.45) is -1.17. The summed E-state index contributed by atoms with van der Waals surface area (Å²) < 4.78 is 33.8. The number of phosphoric acid groups is 1. The van der Waals surface area contributed by atoms with Crippen LogP contribution in [0.1, 0.15) is 12.0 Å². The molecule has 3 aromatic rings. The Morgan fingerprint density at radius 3 is 2.51 bits per heavy atom. The maximum atomic E-state index is 13.7. The summed E-state index contributed by atoms with van der Waals surface area (Å²) in [5.41, 5.74) is 0.309. The number of benzene rings is 2. The summed E-state index contributed by atoms with van der Waals surface area (Å²) in [6.45, 7) is -1.43. The zero-order valence-corrected chi connectivity index (χ0v) is 30.5. The minimum atomic E-state index is -5.35. The molecule has 17 heteroatoms. The van der Waals surface area contributed by atoms with Gasteiger partial charge in [0.25, 0.3) is 0 Å². The van der Waals surface area contributed by atoms with Crippen LogP contribution in [-0.2, 0) is 20.4 Å². The van der Waals surface area contributed by atoms with E-state index < -0.39 is 51.1 Å². The van der Waals surface area contributed by atoms with Gasteiger partial charge < -0.3 is 38.9 Å². The van der Waals surface area contributed by atoms with Gasteiger partial charge in [-0.3, -0.25) is 5.32 Å². The van der Waals surface area contributed by atoms with Gasteiger partial charge in [-0.15, -0.1) is 0 Å². The number of hydrogen-bond donors (Lipinski definition) is 3. The number of nitrogens with zero attached hydrogens (tertiary/aromatic N) is 2. The number of urea groups is 1. The molecule has 0 spiro atoms. The van der Waals surface area contributed by atoms with Gasteiger partial charge in [-0.05, 0) is 29.5 Å². The topological polar surface area (TPSA) is 176 Å². The predicted molar refractivity (Wildman–Crippen MR) is 136 cm³/mol. The first kappa shape index (κ1) is 39.0. The number of carbonyl (C=O) groups is 2. The van der Waals surface area contributed by atoms with E-state index in [0.717, 1.165) is 21.7 Å². The van der Waals surface area contributed by atoms with Crippen molar-refractivity contribution in [1.82, 2.24) is 15.2 Å². The standard InChI is InChI=1S/C24H27ClFN4O8P.2K/c1-30(23(32)28-12-17-7-4-8-20(26)22(17)25)18(10-19(31)14-38-39(34,35)36)13-37-24(33)29-21-9-15-5-2-3-6-16(15)11-27-21;;/h2-9,11,18-19,31H,10,12-14H2,1H3,(H,28,32)(H,27,29,33)(H2,34,35,36);;/q;2*+1/p-2/t18-,19+;;/m0../s1. The molecule has 41 heavy (non-hydrogen) atoms. The first-order chi connectivity index (χ1) is 18.4. The average Bonchev–Trinajstić information content (AvgIpc) is 2.89. The molecular weight excluding hydrogens is 636 g/mol. The molecule has 12 nitrogen and oxygen atoms in total. The second-order valence-corrected chi connectivity index (χ2v) is 9.94. The van der Waals surface area contributed by atoms with E-state index in [1.807, 2.05) is 24.3 Å². The molecule has 210 valence electrons. The van der Waals surface area contributed by atoms with Crippen molar-refractivity contribution in [3.05, 3.63) is 71.1 Å². The third kappa shape index (κ3) is 13.2. The smallest absolute Gasteiger partial charge is 0.790 e. The number of aliphatic hydroxyl groups excluding tert-OH is 1. The van der Waals surface area contributed by atoms with E-state index in [4.69, 9.17) is 16.3 Å². The number of likely N-dealkylation sites (N-methyl/N-ethyl adjacent to an activating group) is 1. The van der Waals surface area contributed by atoms with Crippen molar-refractivity contribution in [1.29, 1.82) is 0 Å². The Hall–Kier alpha value is -0.0473. The molecule has 0 saturated carbocycles. The Kier molecular flexibility index (Phi) is 17.8. The summed E-state index contributed by atoms with van der Waals surface area (Å²) in [7, 11) is -4.01. The molecule has 2 atom stereocenters. The molecule has 1 heterocycles. The zero-order valence-electron chi connectivity index (χ0n) is 22.6. The van der Waals surface area contributed by atoms with Crippen LogP contribution in [0.5, 0.6) is 0 Å². The van der Waals surface area contributed by atoms with Gasteiger partial charge in [-0.2, -0.15) is 0 Å². The van der Waals surface area contributed by atoms with Crippen LogP contribution in [-0.4, -0.2) is 59.5 Å². The molecule has 0 aliphatic rings. The number of fused-ring (bicyclic) bond motifs is 1. The molecular formula is C24H25ClFK2N4O8P. The Balaban J connectivity index is 0.00000420. The number of ether oxygens (including phenoxy) is 1. The quantitative estimate of drug-likeness (QED) is 0.139. The van der Waals surface area contributed by atoms with E-state index in [1.165, 1.54) is 19.2 Å². The predicted octanol–water partition coefficient (Wildman–Crippen LogP) is -3.61. The van der Waals surface area contributed by atoms with Gasteiger partial charge in [0.15, 0.2) is 0 Å². The van der Waals surface area contributed by atoms with Crippen LogP contribution in [0.2, 0.25) is 5.02 Å². The third-order valence-electron chi connectivity index (χ3n) is 5.57. The van der Waals surface area contributed by atoms with Crippen molar-refractivity contribution in [2.75, 3.05) is 25.6 Å². The number of phosphoric ester groups is 1. The van der Waals surface area contributed by atoms with Crippen LogP contribution in [0.4, 0.5) is 19.8 Å². The molecule has 2 aromatic carbocycles. The molecule has 0 fully saturated rings. The number of rotatable bonds is 11. The van der Waals surface area contributed by atoms with Crippen molar-refractivity contribution in [3.8, 4) is 0 Å². The van der Waals surface area contributed by atoms with Crippen molar-refractivity contribution in [2.24, 2.45) is 0 Å². The van der Waals surface area contributed by atoms with Crippen molar-refractivity contribution in [2.45, 2.75) is 25.1 Å². The SMILES string of the molecule is CN(C(=O)NCc1cccc(F)c1Cl)[C@H](COC(=O)Nc1cc2ccccc2cn1)C[C@@H](O)COP(=O)([O-])[O-].[K+].[K+]. The van der Waals surface area contributed by atoms with E-state index in [0.29, 0.717) is 5.56 Å². The summed E-state index contributed by atoms with van der Waals surface area (Å²) in [4.78, 5) is 51.9. The summed E-state index contributed by atoms with van der Waals surface area (Å²) in [5, 5.41) is 16.7. The minimum Gasteiger partial charge on any atom is -0.790 e. The van der Waals surface area contributed by atoms with Gasteiger partial charge in [0.05, 0.1) is 31.6 Å². The number of carbonyl (C=O) groups excluding carboxylic acids is 2. The molecule has 1 aromatic heterocycles. The fourth-order valence-electron chi connectivity index (χ4n) is 3.51. The first-order valence-electron chi connectivity index (χ1n) is 11.5. The Morgan fingerprint density at radius 1 is 1.15 bits per heavy atom. The summed E-state index contributed by atoms with van der Waals surface area (Å²) in [6, 6.07) is 11.4.